The van der Waals surface area contributed by atoms with E-state index in [0.717, 1.165) is 13.0 Å². The number of nitrogens with zero attached hydrogens (tertiary/aromatic N) is 2. The van der Waals surface area contributed by atoms with Crippen LogP contribution >= 0.6 is 12.4 Å². The Balaban J connectivity index is 0. The summed E-state index contributed by atoms with van der Waals surface area (Å²) >= 11 is 0. The maximum absolute atomic E-state index is 4.69. The number of nitrogens with two attached hydrogens (primary N) is 1. The van der Waals surface area contributed by atoms with Gasteiger partial charge in [-0.3, -0.25) is 0 Å². The highest BCUT2D eigenvalue weighted by atomic mass is 35.5. The molecule has 0 bridgehead atoms. The summed E-state index contributed by atoms with van der Waals surface area (Å²) in [6.07, 6.45) is 1.02. The van der Waals surface area contributed by atoms with E-state index in [-0.39, 0.29) is 12.4 Å². The molecule has 0 rings (SSSR count). The molecular weight excluding hydrogens is 126 g/mol. The SMILES string of the molecule is CCCN=C=NN.Cl. The van der Waals surface area contributed by atoms with Crippen molar-refractivity contribution in [3.63, 3.8) is 0 Å². The average Bonchev–Trinajstić information content (AvgIpc) is 1.69. The van der Waals surface area contributed by atoms with Gasteiger partial charge < -0.3 is 5.84 Å². The van der Waals surface area contributed by atoms with E-state index in [1.807, 2.05) is 6.92 Å². The monoisotopic (exact) mass is 135 g/mol. The van der Waals surface area contributed by atoms with Crippen LogP contribution in [0.3, 0.4) is 0 Å². The van der Waals surface area contributed by atoms with Crippen LogP contribution in [0.1, 0.15) is 13.3 Å². The molecule has 3 nitrogen and oxygen atoms in total. The Morgan fingerprint density at radius 2 is 2.25 bits per heavy atom. The third-order valence-electron chi connectivity index (χ3n) is 0.464. The topological polar surface area (TPSA) is 50.7 Å². The van der Waals surface area contributed by atoms with Crippen LogP contribution in [-0.2, 0) is 0 Å². The maximum Gasteiger partial charge on any atom is 0.114 e. The highest BCUT2D eigenvalue weighted by Gasteiger charge is 1.65. The predicted molar refractivity (Wildman–Crippen MR) is 36.5 cm³/mol. The molecule has 0 amide bonds. The first-order chi connectivity index (χ1) is 3.41. The van der Waals surface area contributed by atoms with Crippen LogP contribution in [0.25, 0.3) is 0 Å². The first-order valence-electron chi connectivity index (χ1n) is 2.23. The minimum atomic E-state index is 0. The molecule has 0 spiro atoms. The Morgan fingerprint density at radius 1 is 1.62 bits per heavy atom. The third kappa shape index (κ3) is 9.08. The molecule has 0 aromatic heterocycles. The smallest absolute Gasteiger partial charge is 0.114 e. The van der Waals surface area contributed by atoms with Crippen LogP contribution in [0.4, 0.5) is 0 Å². The van der Waals surface area contributed by atoms with Crippen LogP contribution in [0.2, 0.25) is 0 Å². The molecule has 0 aliphatic heterocycles. The molecule has 0 aromatic rings. The number of hydrogen-bond donors (Lipinski definition) is 1. The summed E-state index contributed by atoms with van der Waals surface area (Å²) in [6, 6.07) is 2.28. The minimum absolute atomic E-state index is 0. The van der Waals surface area contributed by atoms with E-state index >= 15 is 0 Å². The zero-order valence-electron chi connectivity index (χ0n) is 4.79. The largest absolute Gasteiger partial charge is 0.314 e. The lowest BCUT2D eigenvalue weighted by Gasteiger charge is -1.74. The fourth-order valence-corrected chi connectivity index (χ4v) is 0.203. The fraction of sp³-hybridized carbons (Fsp3) is 0.750. The van der Waals surface area contributed by atoms with E-state index in [9.17, 15) is 0 Å². The van der Waals surface area contributed by atoms with Crippen molar-refractivity contribution in [3.8, 4) is 0 Å². The molecule has 0 aliphatic carbocycles. The molecule has 0 radical (unpaired) electrons. The van der Waals surface area contributed by atoms with Crippen molar-refractivity contribution < 1.29 is 0 Å². The van der Waals surface area contributed by atoms with Gasteiger partial charge in [0.25, 0.3) is 0 Å². The lowest BCUT2D eigenvalue weighted by molar-refractivity contribution is 0.936. The quantitative estimate of drug-likeness (QED) is 0.341. The Hall–Kier alpha value is -0.530. The summed E-state index contributed by atoms with van der Waals surface area (Å²) in [4.78, 5) is 3.67. The molecule has 0 aliphatic rings. The molecule has 0 unspecified atom stereocenters. The summed E-state index contributed by atoms with van der Waals surface area (Å²) in [6.45, 7) is 2.79. The second-order valence-corrected chi connectivity index (χ2v) is 1.11. The van der Waals surface area contributed by atoms with Gasteiger partial charge in [0.05, 0.1) is 0 Å². The molecule has 2 N–H and O–H groups in total. The molecule has 4 heteroatoms. The van der Waals surface area contributed by atoms with Crippen LogP contribution < -0.4 is 5.84 Å². The summed E-state index contributed by atoms with van der Waals surface area (Å²) in [5, 5.41) is 3.06. The van der Waals surface area contributed by atoms with E-state index < -0.39 is 0 Å². The van der Waals surface area contributed by atoms with Gasteiger partial charge in [-0.1, -0.05) is 6.92 Å². The number of halogens is 1. The van der Waals surface area contributed by atoms with Gasteiger partial charge in [0, 0.05) is 6.54 Å². The van der Waals surface area contributed by atoms with Crippen molar-refractivity contribution in [3.05, 3.63) is 0 Å². The van der Waals surface area contributed by atoms with Gasteiger partial charge >= 0.3 is 0 Å². The minimum Gasteiger partial charge on any atom is -0.314 e. The molecule has 8 heavy (non-hydrogen) atoms. The van der Waals surface area contributed by atoms with E-state index in [4.69, 9.17) is 0 Å². The van der Waals surface area contributed by atoms with Crippen LogP contribution in [0, 0.1) is 0 Å². The van der Waals surface area contributed by atoms with Gasteiger partial charge in [0.2, 0.25) is 0 Å². The van der Waals surface area contributed by atoms with Crippen molar-refractivity contribution in [2.24, 2.45) is 15.9 Å². The first-order valence-corrected chi connectivity index (χ1v) is 2.23. The Morgan fingerprint density at radius 3 is 2.62 bits per heavy atom. The lowest BCUT2D eigenvalue weighted by Crippen LogP contribution is -1.76. The van der Waals surface area contributed by atoms with Gasteiger partial charge in [-0.15, -0.1) is 17.5 Å². The van der Waals surface area contributed by atoms with E-state index in [1.165, 1.54) is 0 Å². The second kappa shape index (κ2) is 9.69. The van der Waals surface area contributed by atoms with Gasteiger partial charge in [-0.25, -0.2) is 4.99 Å². The number of hydrazone groups is 1. The Kier molecular flexibility index (Phi) is 12.7. The molecule has 48 valence electrons. The maximum atomic E-state index is 4.69. The zero-order chi connectivity index (χ0) is 5.54. The standard InChI is InChI=1S/C4H9N3.ClH/c1-2-3-6-4-7-5;/h2-3,5H2,1H3;1H. The molecule has 0 saturated heterocycles. The number of aliphatic imine (C=N–C) groups is 1. The number of rotatable bonds is 2. The highest BCUT2D eigenvalue weighted by molar-refractivity contribution is 5.85. The fourth-order valence-electron chi connectivity index (χ4n) is 0.203. The van der Waals surface area contributed by atoms with Gasteiger partial charge in [0.1, 0.15) is 6.01 Å². The highest BCUT2D eigenvalue weighted by Crippen LogP contribution is 1.71. The molecule has 0 aromatic carbocycles. The van der Waals surface area contributed by atoms with Gasteiger partial charge in [0.15, 0.2) is 0 Å². The van der Waals surface area contributed by atoms with Crippen molar-refractivity contribution in [2.45, 2.75) is 13.3 Å². The van der Waals surface area contributed by atoms with Crippen LogP contribution in [0.15, 0.2) is 10.1 Å². The Labute approximate surface area is 55.1 Å². The van der Waals surface area contributed by atoms with Crippen molar-refractivity contribution in [1.29, 1.82) is 0 Å². The van der Waals surface area contributed by atoms with Crippen molar-refractivity contribution in [1.82, 2.24) is 0 Å². The van der Waals surface area contributed by atoms with E-state index in [0.29, 0.717) is 0 Å². The summed E-state index contributed by atoms with van der Waals surface area (Å²) in [5.74, 6) is 4.69. The molecule has 0 saturated carbocycles. The molecule has 0 fully saturated rings. The molecule has 0 atom stereocenters. The van der Waals surface area contributed by atoms with Gasteiger partial charge in [-0.05, 0) is 6.42 Å². The lowest BCUT2D eigenvalue weighted by atomic mass is 10.5. The number of hydrogen-bond acceptors (Lipinski definition) is 3. The molecule has 0 heterocycles. The van der Waals surface area contributed by atoms with Crippen LogP contribution in [-0.4, -0.2) is 12.6 Å². The summed E-state index contributed by atoms with van der Waals surface area (Å²) in [7, 11) is 0. The first kappa shape index (κ1) is 10.5. The predicted octanol–water partition coefficient (Wildman–Crippen LogP) is 0.866. The Bertz CT molecular complexity index is 85.3. The molecular formula is C4H10ClN3. The summed E-state index contributed by atoms with van der Waals surface area (Å²) < 4.78 is 0. The van der Waals surface area contributed by atoms with E-state index in [1.54, 1.807) is 0 Å². The van der Waals surface area contributed by atoms with E-state index in [2.05, 4.69) is 21.9 Å². The normalized spacial score (nSPS) is 6.12. The van der Waals surface area contributed by atoms with Crippen molar-refractivity contribution >= 4 is 18.4 Å². The van der Waals surface area contributed by atoms with Gasteiger partial charge in [-0.2, -0.15) is 0 Å². The average molecular weight is 136 g/mol. The van der Waals surface area contributed by atoms with Crippen LogP contribution in [0.5, 0.6) is 0 Å². The third-order valence-corrected chi connectivity index (χ3v) is 0.464. The zero-order valence-corrected chi connectivity index (χ0v) is 5.61. The van der Waals surface area contributed by atoms with Crippen molar-refractivity contribution in [2.75, 3.05) is 6.54 Å². The second-order valence-electron chi connectivity index (χ2n) is 1.11. The summed E-state index contributed by atoms with van der Waals surface area (Å²) in [5.41, 5.74) is 0.